The Kier molecular flexibility index (Phi) is 2.79. The van der Waals surface area contributed by atoms with Crippen molar-refractivity contribution in [3.8, 4) is 21.8 Å². The van der Waals surface area contributed by atoms with E-state index < -0.39 is 0 Å². The van der Waals surface area contributed by atoms with E-state index in [2.05, 4.69) is 10.1 Å². The number of nitrogens with zero attached hydrogens (tertiary/aromatic N) is 2. The third-order valence-corrected chi connectivity index (χ3v) is 3.59. The van der Waals surface area contributed by atoms with Crippen molar-refractivity contribution in [1.29, 1.82) is 0 Å². The fourth-order valence-electron chi connectivity index (χ4n) is 1.86. The zero-order valence-corrected chi connectivity index (χ0v) is 10.9. The molecule has 0 fully saturated rings. The van der Waals surface area contributed by atoms with E-state index in [0.29, 0.717) is 16.9 Å². The predicted molar refractivity (Wildman–Crippen MR) is 72.2 cm³/mol. The first kappa shape index (κ1) is 11.9. The Hall–Kier alpha value is -2.21. The van der Waals surface area contributed by atoms with E-state index >= 15 is 0 Å². The number of aryl methyl sites for hydroxylation is 1. The van der Waals surface area contributed by atoms with Gasteiger partial charge in [0.25, 0.3) is 0 Å². The fraction of sp³-hybridized carbons (Fsp3) is 0.0769. The Morgan fingerprint density at radius 2 is 2.21 bits per heavy atom. The zero-order chi connectivity index (χ0) is 13.4. The van der Waals surface area contributed by atoms with Crippen LogP contribution < -0.4 is 5.73 Å². The molecule has 0 atom stereocenters. The van der Waals surface area contributed by atoms with E-state index in [1.807, 2.05) is 6.92 Å². The lowest BCUT2D eigenvalue weighted by Gasteiger charge is -2.00. The van der Waals surface area contributed by atoms with Crippen molar-refractivity contribution < 1.29 is 8.91 Å². The molecule has 0 radical (unpaired) electrons. The molecule has 0 aliphatic heterocycles. The Bertz CT molecular complexity index is 735. The minimum absolute atomic E-state index is 0.242. The van der Waals surface area contributed by atoms with Gasteiger partial charge in [0, 0.05) is 6.20 Å². The maximum Gasteiger partial charge on any atom is 0.188 e. The summed E-state index contributed by atoms with van der Waals surface area (Å²) in [4.78, 5) is 4.99. The maximum atomic E-state index is 13.3. The Balaban J connectivity index is 2.19. The molecule has 0 unspecified atom stereocenters. The molecular weight excluding hydrogens is 265 g/mol. The van der Waals surface area contributed by atoms with Crippen molar-refractivity contribution in [2.45, 2.75) is 6.92 Å². The first-order valence-corrected chi connectivity index (χ1v) is 6.40. The van der Waals surface area contributed by atoms with Crippen molar-refractivity contribution in [2.75, 3.05) is 5.73 Å². The molecule has 3 rings (SSSR count). The van der Waals surface area contributed by atoms with Gasteiger partial charge in [0.15, 0.2) is 11.6 Å². The topological polar surface area (TPSA) is 64.9 Å². The van der Waals surface area contributed by atoms with Crippen LogP contribution >= 0.6 is 11.3 Å². The summed E-state index contributed by atoms with van der Waals surface area (Å²) in [5.41, 5.74) is 7.06. The molecule has 0 bridgehead atoms. The zero-order valence-electron chi connectivity index (χ0n) is 10.1. The number of anilines is 1. The number of benzene rings is 1. The van der Waals surface area contributed by atoms with Gasteiger partial charge in [-0.2, -0.15) is 0 Å². The minimum atomic E-state index is -0.329. The number of nitrogens with two attached hydrogens (primary N) is 1. The van der Waals surface area contributed by atoms with Gasteiger partial charge in [0.2, 0.25) is 0 Å². The minimum Gasteiger partial charge on any atom is -0.380 e. The van der Waals surface area contributed by atoms with Crippen LogP contribution in [-0.2, 0) is 0 Å². The summed E-state index contributed by atoms with van der Waals surface area (Å²) in [5, 5.41) is 4.68. The van der Waals surface area contributed by atoms with Crippen molar-refractivity contribution >= 4 is 17.2 Å². The summed E-state index contributed by atoms with van der Waals surface area (Å²) in [7, 11) is 0. The van der Waals surface area contributed by atoms with Crippen LogP contribution in [0.15, 0.2) is 35.0 Å². The lowest BCUT2D eigenvalue weighted by molar-refractivity contribution is 0.437. The molecular formula is C13H10FN3OS. The first-order valence-electron chi connectivity index (χ1n) is 5.59. The third kappa shape index (κ3) is 2.10. The Morgan fingerprint density at radius 3 is 2.89 bits per heavy atom. The summed E-state index contributed by atoms with van der Waals surface area (Å²) in [6, 6.07) is 6.17. The van der Waals surface area contributed by atoms with Crippen molar-refractivity contribution in [3.63, 3.8) is 0 Å². The highest BCUT2D eigenvalue weighted by molar-refractivity contribution is 7.15. The Morgan fingerprint density at radius 1 is 1.37 bits per heavy atom. The molecule has 3 aromatic rings. The van der Waals surface area contributed by atoms with Gasteiger partial charge >= 0.3 is 0 Å². The second kappa shape index (κ2) is 4.47. The number of hydrogen-bond acceptors (Lipinski definition) is 5. The van der Waals surface area contributed by atoms with Gasteiger partial charge in [-0.05, 0) is 24.6 Å². The number of aromatic nitrogens is 2. The largest absolute Gasteiger partial charge is 0.380 e. The highest BCUT2D eigenvalue weighted by Gasteiger charge is 2.19. The standard InChI is InChI=1S/C13H10FN3OS/c1-7-16-6-10(19-7)12-11(13(15)17-18-12)8-3-2-4-9(14)5-8/h2-6H,1H3,(H2,15,17). The van der Waals surface area contributed by atoms with E-state index in [1.54, 1.807) is 18.3 Å². The SMILES string of the molecule is Cc1ncc(-c2onc(N)c2-c2cccc(F)c2)s1. The van der Waals surface area contributed by atoms with Gasteiger partial charge in [0.1, 0.15) is 5.82 Å². The lowest BCUT2D eigenvalue weighted by Crippen LogP contribution is -1.89. The summed E-state index contributed by atoms with van der Waals surface area (Å²) in [6.07, 6.45) is 1.70. The van der Waals surface area contributed by atoms with Crippen LogP contribution in [-0.4, -0.2) is 10.1 Å². The van der Waals surface area contributed by atoms with Gasteiger partial charge in [-0.1, -0.05) is 17.3 Å². The first-order chi connectivity index (χ1) is 9.15. The molecule has 0 aliphatic rings. The van der Waals surface area contributed by atoms with Gasteiger partial charge < -0.3 is 10.3 Å². The molecule has 2 heterocycles. The van der Waals surface area contributed by atoms with Crippen LogP contribution in [0.25, 0.3) is 21.8 Å². The number of thiazole rings is 1. The molecule has 19 heavy (non-hydrogen) atoms. The van der Waals surface area contributed by atoms with Crippen LogP contribution in [0, 0.1) is 12.7 Å². The van der Waals surface area contributed by atoms with E-state index in [1.165, 1.54) is 23.5 Å². The van der Waals surface area contributed by atoms with Gasteiger partial charge in [0.05, 0.1) is 15.4 Å². The molecule has 0 saturated carbocycles. The van der Waals surface area contributed by atoms with Crippen LogP contribution in [0.3, 0.4) is 0 Å². The summed E-state index contributed by atoms with van der Waals surface area (Å²) < 4.78 is 18.6. The normalized spacial score (nSPS) is 10.8. The average molecular weight is 275 g/mol. The quantitative estimate of drug-likeness (QED) is 0.777. The number of rotatable bonds is 2. The molecule has 6 heteroatoms. The van der Waals surface area contributed by atoms with E-state index in [9.17, 15) is 4.39 Å². The van der Waals surface area contributed by atoms with Gasteiger partial charge in [-0.3, -0.25) is 0 Å². The summed E-state index contributed by atoms with van der Waals surface area (Å²) >= 11 is 1.47. The molecule has 2 N–H and O–H groups in total. The van der Waals surface area contributed by atoms with Gasteiger partial charge in [-0.15, -0.1) is 11.3 Å². The molecule has 96 valence electrons. The average Bonchev–Trinajstić information content (AvgIpc) is 2.95. The molecule has 4 nitrogen and oxygen atoms in total. The fourth-order valence-corrected chi connectivity index (χ4v) is 2.62. The third-order valence-electron chi connectivity index (χ3n) is 2.68. The molecule has 0 saturated heterocycles. The monoisotopic (exact) mass is 275 g/mol. The van der Waals surface area contributed by atoms with Crippen molar-refractivity contribution in [2.24, 2.45) is 0 Å². The second-order valence-electron chi connectivity index (χ2n) is 4.03. The highest BCUT2D eigenvalue weighted by Crippen LogP contribution is 2.38. The summed E-state index contributed by atoms with van der Waals surface area (Å²) in [5.74, 6) is 0.435. The van der Waals surface area contributed by atoms with Crippen LogP contribution in [0.1, 0.15) is 5.01 Å². The van der Waals surface area contributed by atoms with Gasteiger partial charge in [-0.25, -0.2) is 9.37 Å². The second-order valence-corrected chi connectivity index (χ2v) is 5.26. The van der Waals surface area contributed by atoms with Crippen LogP contribution in [0.4, 0.5) is 10.2 Å². The number of nitrogen functional groups attached to an aromatic ring is 1. The van der Waals surface area contributed by atoms with E-state index in [4.69, 9.17) is 10.3 Å². The molecule has 0 aliphatic carbocycles. The van der Waals surface area contributed by atoms with Crippen LogP contribution in [0.2, 0.25) is 0 Å². The maximum absolute atomic E-state index is 13.3. The smallest absolute Gasteiger partial charge is 0.188 e. The predicted octanol–water partition coefficient (Wildman–Crippen LogP) is 3.49. The highest BCUT2D eigenvalue weighted by atomic mass is 32.1. The van der Waals surface area contributed by atoms with E-state index in [-0.39, 0.29) is 11.6 Å². The summed E-state index contributed by atoms with van der Waals surface area (Å²) in [6.45, 7) is 1.90. The van der Waals surface area contributed by atoms with Crippen molar-refractivity contribution in [3.05, 3.63) is 41.3 Å². The number of halogens is 1. The van der Waals surface area contributed by atoms with Crippen LogP contribution in [0.5, 0.6) is 0 Å². The van der Waals surface area contributed by atoms with E-state index in [0.717, 1.165) is 9.88 Å². The lowest BCUT2D eigenvalue weighted by atomic mass is 10.1. The number of hydrogen-bond donors (Lipinski definition) is 1. The van der Waals surface area contributed by atoms with Crippen molar-refractivity contribution in [1.82, 2.24) is 10.1 Å². The molecule has 0 spiro atoms. The molecule has 1 aromatic carbocycles. The Labute approximate surface area is 112 Å². The molecule has 0 amide bonds. The molecule has 2 aromatic heterocycles.